The first kappa shape index (κ1) is 54.0. The molecule has 0 rings (SSSR count). The minimum absolute atomic E-state index is 0.368. The normalized spacial score (nSPS) is 14.1. The maximum absolute atomic E-state index is 12.5. The molecule has 328 valence electrons. The molecule has 0 saturated carbocycles. The van der Waals surface area contributed by atoms with E-state index in [0.717, 1.165) is 38.5 Å². The second kappa shape index (κ2) is 44.2. The van der Waals surface area contributed by atoms with Gasteiger partial charge in [0.15, 0.2) is 0 Å². The molecule has 0 saturated heterocycles. The highest BCUT2D eigenvalue weighted by molar-refractivity contribution is 5.80. The zero-order valence-electron chi connectivity index (χ0n) is 36.9. The number of unbranched alkanes of at least 4 members (excludes halogenated alkanes) is 34. The van der Waals surface area contributed by atoms with Gasteiger partial charge in [-0.05, 0) is 38.5 Å². The number of aliphatic hydroxyl groups is 4. The van der Waals surface area contributed by atoms with Gasteiger partial charge in [0.05, 0.1) is 18.8 Å². The van der Waals surface area contributed by atoms with Gasteiger partial charge in [-0.2, -0.15) is 0 Å². The van der Waals surface area contributed by atoms with Crippen LogP contribution in [0.4, 0.5) is 0 Å². The van der Waals surface area contributed by atoms with Crippen molar-refractivity contribution in [2.45, 2.75) is 289 Å². The number of hydrogen-bond acceptors (Lipinski definition) is 5. The van der Waals surface area contributed by atoms with Crippen LogP contribution in [0, 0.1) is 0 Å². The molecule has 0 aliphatic heterocycles. The number of nitrogens with one attached hydrogen (secondary N) is 1. The molecule has 1 amide bonds. The summed E-state index contributed by atoms with van der Waals surface area (Å²) in [4.78, 5) is 12.5. The van der Waals surface area contributed by atoms with Crippen LogP contribution in [0.5, 0.6) is 0 Å². The third kappa shape index (κ3) is 38.3. The first-order valence-corrected chi connectivity index (χ1v) is 24.6. The Morgan fingerprint density at radius 2 is 0.745 bits per heavy atom. The summed E-state index contributed by atoms with van der Waals surface area (Å²) in [6.07, 6.45) is 49.7. The van der Waals surface area contributed by atoms with E-state index in [1.54, 1.807) is 0 Å². The van der Waals surface area contributed by atoms with Crippen molar-refractivity contribution >= 4 is 5.91 Å². The molecule has 4 unspecified atom stereocenters. The smallest absolute Gasteiger partial charge is 0.249 e. The molecule has 6 nitrogen and oxygen atoms in total. The molecule has 5 N–H and O–H groups in total. The van der Waals surface area contributed by atoms with Gasteiger partial charge in [0.2, 0.25) is 5.91 Å². The van der Waals surface area contributed by atoms with Crippen molar-refractivity contribution < 1.29 is 25.2 Å². The van der Waals surface area contributed by atoms with Crippen LogP contribution in [0.3, 0.4) is 0 Å². The Labute approximate surface area is 342 Å². The van der Waals surface area contributed by atoms with Crippen LogP contribution < -0.4 is 5.32 Å². The van der Waals surface area contributed by atoms with Crippen LogP contribution in [0.15, 0.2) is 12.2 Å². The molecular formula is C49H97NO5. The monoisotopic (exact) mass is 780 g/mol. The number of amides is 1. The number of hydrogen-bond donors (Lipinski definition) is 5. The Morgan fingerprint density at radius 3 is 1.09 bits per heavy atom. The van der Waals surface area contributed by atoms with E-state index in [9.17, 15) is 25.2 Å². The van der Waals surface area contributed by atoms with E-state index in [4.69, 9.17) is 0 Å². The van der Waals surface area contributed by atoms with Gasteiger partial charge in [-0.25, -0.2) is 0 Å². The summed E-state index contributed by atoms with van der Waals surface area (Å²) in [5.74, 6) is -0.589. The van der Waals surface area contributed by atoms with Crippen molar-refractivity contribution in [2.75, 3.05) is 6.61 Å². The first-order chi connectivity index (χ1) is 27.0. The van der Waals surface area contributed by atoms with E-state index in [1.165, 1.54) is 199 Å². The second-order valence-electron chi connectivity index (χ2n) is 17.2. The van der Waals surface area contributed by atoms with Gasteiger partial charge >= 0.3 is 0 Å². The Kier molecular flexibility index (Phi) is 43.4. The quantitative estimate of drug-likeness (QED) is 0.0312. The van der Waals surface area contributed by atoms with E-state index in [-0.39, 0.29) is 0 Å². The summed E-state index contributed by atoms with van der Waals surface area (Å²) >= 11 is 0. The summed E-state index contributed by atoms with van der Waals surface area (Å²) in [7, 11) is 0. The lowest BCUT2D eigenvalue weighted by Crippen LogP contribution is -2.53. The van der Waals surface area contributed by atoms with Crippen molar-refractivity contribution in [3.05, 3.63) is 12.2 Å². The van der Waals surface area contributed by atoms with Gasteiger partial charge in [-0.15, -0.1) is 0 Å². The fraction of sp³-hybridized carbons (Fsp3) is 0.939. The molecule has 0 aliphatic carbocycles. The largest absolute Gasteiger partial charge is 0.394 e. The summed E-state index contributed by atoms with van der Waals surface area (Å²) < 4.78 is 0. The van der Waals surface area contributed by atoms with Crippen LogP contribution in [-0.4, -0.2) is 57.3 Å². The lowest BCUT2D eigenvalue weighted by atomic mass is 10.00. The summed E-state index contributed by atoms with van der Waals surface area (Å²) in [5.41, 5.74) is 0. The molecule has 0 aromatic carbocycles. The second-order valence-corrected chi connectivity index (χ2v) is 17.2. The van der Waals surface area contributed by atoms with Gasteiger partial charge in [0.1, 0.15) is 12.2 Å². The molecule has 0 heterocycles. The van der Waals surface area contributed by atoms with Gasteiger partial charge in [-0.1, -0.05) is 238 Å². The molecule has 4 atom stereocenters. The molecule has 0 radical (unpaired) electrons. The SMILES string of the molecule is CCCCCCCCCCCCCCCCCCCC/C=C/CCCC(O)C(O)C(CO)NC(=O)C(O)CCCCCCCCCCCCCCCCCC. The highest BCUT2D eigenvalue weighted by atomic mass is 16.3. The maximum atomic E-state index is 12.5. The topological polar surface area (TPSA) is 110 Å². The number of allylic oxidation sites excluding steroid dienone is 2. The molecule has 0 aromatic rings. The Balaban J connectivity index is 3.69. The molecule has 0 fully saturated rings. The van der Waals surface area contributed by atoms with Crippen molar-refractivity contribution in [3.63, 3.8) is 0 Å². The summed E-state index contributed by atoms with van der Waals surface area (Å²) in [6.45, 7) is 4.06. The highest BCUT2D eigenvalue weighted by Gasteiger charge is 2.28. The van der Waals surface area contributed by atoms with E-state index in [0.29, 0.717) is 12.8 Å². The lowest BCUT2D eigenvalue weighted by Gasteiger charge is -2.27. The van der Waals surface area contributed by atoms with E-state index >= 15 is 0 Å². The van der Waals surface area contributed by atoms with Crippen molar-refractivity contribution in [2.24, 2.45) is 0 Å². The molecule has 0 bridgehead atoms. The first-order valence-electron chi connectivity index (χ1n) is 24.6. The average Bonchev–Trinajstić information content (AvgIpc) is 3.19. The summed E-state index contributed by atoms with van der Waals surface area (Å²) in [5, 5.41) is 43.8. The Bertz CT molecular complexity index is 791. The van der Waals surface area contributed by atoms with Crippen LogP contribution in [-0.2, 0) is 4.79 Å². The highest BCUT2D eigenvalue weighted by Crippen LogP contribution is 2.17. The van der Waals surface area contributed by atoms with E-state index < -0.39 is 36.9 Å². The zero-order valence-corrected chi connectivity index (χ0v) is 36.9. The molecular weight excluding hydrogens is 683 g/mol. The van der Waals surface area contributed by atoms with Crippen LogP contribution in [0.1, 0.15) is 264 Å². The predicted octanol–water partition coefficient (Wildman–Crippen LogP) is 13.4. The third-order valence-corrected chi connectivity index (χ3v) is 11.7. The van der Waals surface area contributed by atoms with Crippen molar-refractivity contribution in [3.8, 4) is 0 Å². The van der Waals surface area contributed by atoms with Crippen molar-refractivity contribution in [1.29, 1.82) is 0 Å². The fourth-order valence-corrected chi connectivity index (χ4v) is 7.82. The number of carbonyl (C=O) groups is 1. The van der Waals surface area contributed by atoms with Crippen LogP contribution in [0.25, 0.3) is 0 Å². The van der Waals surface area contributed by atoms with Crippen LogP contribution >= 0.6 is 0 Å². The van der Waals surface area contributed by atoms with Crippen molar-refractivity contribution in [1.82, 2.24) is 5.32 Å². The summed E-state index contributed by atoms with van der Waals surface area (Å²) in [6, 6.07) is -0.997. The Hall–Kier alpha value is -0.950. The van der Waals surface area contributed by atoms with Crippen LogP contribution in [0.2, 0.25) is 0 Å². The van der Waals surface area contributed by atoms with Gasteiger partial charge < -0.3 is 25.7 Å². The third-order valence-electron chi connectivity index (χ3n) is 11.7. The van der Waals surface area contributed by atoms with Gasteiger partial charge in [0, 0.05) is 0 Å². The number of carbonyl (C=O) groups excluding carboxylic acids is 1. The number of rotatable bonds is 45. The minimum atomic E-state index is -1.28. The molecule has 0 spiro atoms. The molecule has 0 aromatic heterocycles. The van der Waals surface area contributed by atoms with E-state index in [1.807, 2.05) is 0 Å². The van der Waals surface area contributed by atoms with E-state index in [2.05, 4.69) is 31.3 Å². The average molecular weight is 780 g/mol. The maximum Gasteiger partial charge on any atom is 0.249 e. The van der Waals surface area contributed by atoms with Gasteiger partial charge in [-0.3, -0.25) is 4.79 Å². The Morgan fingerprint density at radius 1 is 0.436 bits per heavy atom. The molecule has 55 heavy (non-hydrogen) atoms. The molecule has 0 aliphatic rings. The molecule has 6 heteroatoms. The fourth-order valence-electron chi connectivity index (χ4n) is 7.82. The predicted molar refractivity (Wildman–Crippen MR) is 238 cm³/mol. The minimum Gasteiger partial charge on any atom is -0.394 e. The van der Waals surface area contributed by atoms with Gasteiger partial charge in [0.25, 0.3) is 0 Å². The zero-order chi connectivity index (χ0) is 40.3. The lowest BCUT2D eigenvalue weighted by molar-refractivity contribution is -0.132. The number of aliphatic hydroxyl groups excluding tert-OH is 4. The standard InChI is InChI=1S/C49H97NO5/c1-3-5-7-9-11-13-15-17-19-21-22-23-24-25-26-27-29-30-32-34-36-38-40-42-46(52)48(54)45(44-51)50-49(55)47(53)43-41-39-37-35-33-31-28-20-18-16-14-12-10-8-6-4-2/h34,36,45-48,51-54H,3-33,35,37-44H2,1-2H3,(H,50,55)/b36-34+.